The SMILES string of the molecule is NC(=O)Oc1cn(-c2ccnc(NC3CCC(C(=O)N4CCn5ccnc5C4)CC3)n2)c2cccc(F)c12. The molecule has 6 rings (SSSR count). The number of aromatic nitrogens is 5. The van der Waals surface area contributed by atoms with Gasteiger partial charge >= 0.3 is 6.09 Å². The van der Waals surface area contributed by atoms with Gasteiger partial charge in [-0.1, -0.05) is 6.07 Å². The lowest BCUT2D eigenvalue weighted by molar-refractivity contribution is -0.138. The molecule has 1 saturated carbocycles. The first kappa shape index (κ1) is 23.9. The number of benzene rings is 1. The Bertz CT molecular complexity index is 1510. The normalized spacial score (nSPS) is 19.2. The smallest absolute Gasteiger partial charge is 0.408 e. The number of amides is 2. The van der Waals surface area contributed by atoms with E-state index in [9.17, 15) is 14.0 Å². The third kappa shape index (κ3) is 4.53. The number of nitrogens with two attached hydrogens (primary N) is 1. The summed E-state index contributed by atoms with van der Waals surface area (Å²) < 4.78 is 23.3. The number of hydrogen-bond acceptors (Lipinski definition) is 7. The highest BCUT2D eigenvalue weighted by molar-refractivity contribution is 5.90. The third-order valence-corrected chi connectivity index (χ3v) is 7.31. The molecular formula is C26H27FN8O3. The molecule has 11 nitrogen and oxygen atoms in total. The van der Waals surface area contributed by atoms with Gasteiger partial charge in [-0.3, -0.25) is 9.36 Å². The van der Waals surface area contributed by atoms with E-state index < -0.39 is 11.9 Å². The first-order valence-electron chi connectivity index (χ1n) is 12.6. The maximum atomic E-state index is 14.6. The Morgan fingerprint density at radius 1 is 1.08 bits per heavy atom. The predicted octanol–water partition coefficient (Wildman–Crippen LogP) is 3.23. The molecule has 2 aliphatic rings. The third-order valence-electron chi connectivity index (χ3n) is 7.31. The van der Waals surface area contributed by atoms with Crippen LogP contribution in [0.5, 0.6) is 5.75 Å². The lowest BCUT2D eigenvalue weighted by atomic mass is 9.85. The Morgan fingerprint density at radius 2 is 1.92 bits per heavy atom. The zero-order valence-corrected chi connectivity index (χ0v) is 20.6. The minimum atomic E-state index is -1.03. The van der Waals surface area contributed by atoms with Crippen molar-refractivity contribution in [3.05, 3.63) is 60.7 Å². The number of fused-ring (bicyclic) bond motifs is 2. The van der Waals surface area contributed by atoms with E-state index in [1.165, 1.54) is 12.3 Å². The van der Waals surface area contributed by atoms with Gasteiger partial charge in [0.2, 0.25) is 11.9 Å². The lowest BCUT2D eigenvalue weighted by Gasteiger charge is -2.34. The number of carbonyl (C=O) groups excluding carboxylic acids is 2. The highest BCUT2D eigenvalue weighted by atomic mass is 19.1. The number of halogens is 1. The largest absolute Gasteiger partial charge is 0.410 e. The van der Waals surface area contributed by atoms with Crippen LogP contribution in [0.15, 0.2) is 49.1 Å². The van der Waals surface area contributed by atoms with Crippen molar-refractivity contribution >= 4 is 28.9 Å². The molecule has 1 aromatic carbocycles. The van der Waals surface area contributed by atoms with Crippen LogP contribution in [0, 0.1) is 11.7 Å². The van der Waals surface area contributed by atoms with E-state index in [-0.39, 0.29) is 29.0 Å². The molecule has 12 heteroatoms. The zero-order chi connectivity index (χ0) is 26.2. The standard InChI is InChI=1S/C26H27FN8O3/c27-18-2-1-3-19-23(18)20(38-25(28)37)14-35(19)21-8-9-30-26(32-21)31-17-6-4-16(5-7-17)24(36)34-13-12-33-11-10-29-22(33)15-34/h1-3,8-11,14,16-17H,4-7,12-13,15H2,(H2,28,37)(H,30,31,32). The lowest BCUT2D eigenvalue weighted by Crippen LogP contribution is -2.43. The van der Waals surface area contributed by atoms with Crippen LogP contribution >= 0.6 is 0 Å². The number of nitrogens with one attached hydrogen (secondary N) is 1. The van der Waals surface area contributed by atoms with Gasteiger partial charge in [0.15, 0.2) is 5.75 Å². The second-order valence-electron chi connectivity index (χ2n) is 9.65. The highest BCUT2D eigenvalue weighted by Crippen LogP contribution is 2.33. The van der Waals surface area contributed by atoms with Crippen LogP contribution in [0.1, 0.15) is 31.5 Å². The monoisotopic (exact) mass is 518 g/mol. The van der Waals surface area contributed by atoms with Crippen molar-refractivity contribution in [2.45, 2.75) is 44.8 Å². The fourth-order valence-electron chi connectivity index (χ4n) is 5.42. The maximum absolute atomic E-state index is 14.6. The molecule has 1 aliphatic heterocycles. The summed E-state index contributed by atoms with van der Waals surface area (Å²) in [6.45, 7) is 2.06. The van der Waals surface area contributed by atoms with Gasteiger partial charge in [-0.2, -0.15) is 4.98 Å². The summed E-state index contributed by atoms with van der Waals surface area (Å²) in [6.07, 6.45) is 9.01. The van der Waals surface area contributed by atoms with Crippen LogP contribution in [0.4, 0.5) is 15.1 Å². The van der Waals surface area contributed by atoms with E-state index in [0.717, 1.165) is 38.1 Å². The summed E-state index contributed by atoms with van der Waals surface area (Å²) in [5.41, 5.74) is 5.65. The summed E-state index contributed by atoms with van der Waals surface area (Å²) in [7, 11) is 0. The molecule has 0 spiro atoms. The van der Waals surface area contributed by atoms with E-state index in [2.05, 4.69) is 24.8 Å². The minimum Gasteiger partial charge on any atom is -0.408 e. The number of ether oxygens (including phenoxy) is 1. The number of carbonyl (C=O) groups is 2. The molecule has 0 atom stereocenters. The Morgan fingerprint density at radius 3 is 2.74 bits per heavy atom. The van der Waals surface area contributed by atoms with E-state index in [4.69, 9.17) is 10.5 Å². The van der Waals surface area contributed by atoms with E-state index >= 15 is 0 Å². The van der Waals surface area contributed by atoms with Gasteiger partial charge in [0.25, 0.3) is 0 Å². The number of imidazole rings is 1. The fraction of sp³-hybridized carbons (Fsp3) is 0.346. The second-order valence-corrected chi connectivity index (χ2v) is 9.65. The molecule has 1 fully saturated rings. The van der Waals surface area contributed by atoms with E-state index in [1.54, 1.807) is 35.2 Å². The highest BCUT2D eigenvalue weighted by Gasteiger charge is 2.31. The van der Waals surface area contributed by atoms with Crippen molar-refractivity contribution < 1.29 is 18.7 Å². The average Bonchev–Trinajstić information content (AvgIpc) is 3.53. The Hall–Kier alpha value is -4.48. The number of hydrogen-bond donors (Lipinski definition) is 2. The summed E-state index contributed by atoms with van der Waals surface area (Å²) >= 11 is 0. The Balaban J connectivity index is 1.13. The molecular weight excluding hydrogens is 491 g/mol. The molecule has 196 valence electrons. The topological polar surface area (TPSA) is 133 Å². The van der Waals surface area contributed by atoms with Crippen molar-refractivity contribution in [1.29, 1.82) is 0 Å². The van der Waals surface area contributed by atoms with Gasteiger partial charge in [0.1, 0.15) is 17.5 Å². The van der Waals surface area contributed by atoms with Gasteiger partial charge < -0.3 is 25.3 Å². The predicted molar refractivity (Wildman–Crippen MR) is 136 cm³/mol. The van der Waals surface area contributed by atoms with Gasteiger partial charge in [0.05, 0.1) is 23.6 Å². The van der Waals surface area contributed by atoms with Crippen LogP contribution < -0.4 is 15.8 Å². The molecule has 4 heterocycles. The fourth-order valence-corrected chi connectivity index (χ4v) is 5.42. The molecule has 38 heavy (non-hydrogen) atoms. The summed E-state index contributed by atoms with van der Waals surface area (Å²) in [4.78, 5) is 39.7. The van der Waals surface area contributed by atoms with Crippen molar-refractivity contribution in [2.24, 2.45) is 11.7 Å². The van der Waals surface area contributed by atoms with Crippen LogP contribution in [0.2, 0.25) is 0 Å². The molecule has 1 aliphatic carbocycles. The maximum Gasteiger partial charge on any atom is 0.410 e. The molecule has 0 bridgehead atoms. The van der Waals surface area contributed by atoms with Crippen molar-refractivity contribution in [3.63, 3.8) is 0 Å². The number of rotatable bonds is 5. The Kier molecular flexibility index (Phi) is 6.14. The zero-order valence-electron chi connectivity index (χ0n) is 20.6. The van der Waals surface area contributed by atoms with Crippen molar-refractivity contribution in [3.8, 4) is 11.6 Å². The van der Waals surface area contributed by atoms with Gasteiger partial charge in [-0.05, 0) is 43.9 Å². The van der Waals surface area contributed by atoms with Crippen LogP contribution in [0.25, 0.3) is 16.7 Å². The minimum absolute atomic E-state index is 0.00614. The molecule has 3 aromatic heterocycles. The summed E-state index contributed by atoms with van der Waals surface area (Å²) in [6, 6.07) is 6.37. The Labute approximate surface area is 217 Å². The number of nitrogens with zero attached hydrogens (tertiary/aromatic N) is 6. The average molecular weight is 519 g/mol. The first-order valence-corrected chi connectivity index (χ1v) is 12.6. The summed E-state index contributed by atoms with van der Waals surface area (Å²) in [5.74, 6) is 1.53. The van der Waals surface area contributed by atoms with Crippen molar-refractivity contribution in [1.82, 2.24) is 29.0 Å². The van der Waals surface area contributed by atoms with Crippen LogP contribution in [-0.2, 0) is 17.9 Å². The van der Waals surface area contributed by atoms with Crippen LogP contribution in [0.3, 0.4) is 0 Å². The molecule has 0 unspecified atom stereocenters. The molecule has 2 amide bonds. The number of primary amides is 1. The first-order chi connectivity index (χ1) is 18.5. The van der Waals surface area contributed by atoms with Crippen LogP contribution in [-0.4, -0.2) is 53.6 Å². The van der Waals surface area contributed by atoms with Crippen molar-refractivity contribution in [2.75, 3.05) is 11.9 Å². The second kappa shape index (κ2) is 9.77. The number of anilines is 1. The summed E-state index contributed by atoms with van der Waals surface area (Å²) in [5, 5.41) is 3.52. The van der Waals surface area contributed by atoms with Gasteiger partial charge in [-0.15, -0.1) is 0 Å². The van der Waals surface area contributed by atoms with Gasteiger partial charge in [0, 0.05) is 43.6 Å². The molecule has 0 radical (unpaired) electrons. The molecule has 3 N–H and O–H groups in total. The molecule has 4 aromatic rings. The van der Waals surface area contributed by atoms with Gasteiger partial charge in [-0.25, -0.2) is 19.2 Å². The molecule has 0 saturated heterocycles. The van der Waals surface area contributed by atoms with E-state index in [1.807, 2.05) is 11.1 Å². The quantitative estimate of drug-likeness (QED) is 0.414. The van der Waals surface area contributed by atoms with E-state index in [0.29, 0.717) is 30.4 Å².